The predicted octanol–water partition coefficient (Wildman–Crippen LogP) is 6.26. The zero-order valence-electron chi connectivity index (χ0n) is 16.7. The number of nitrogens with two attached hydrogens (primary N) is 1. The molecule has 0 atom stereocenters. The number of nitrogens with zero attached hydrogens (tertiary/aromatic N) is 1. The SMILES string of the molecule is Cc1cc(N)c2cc(NC(=O)c3ccccc3COc3ccc(Cl)c(Cl)c3)ccc2n1. The highest BCUT2D eigenvalue weighted by atomic mass is 35.5. The van der Waals surface area contributed by atoms with Crippen molar-refractivity contribution in [2.45, 2.75) is 13.5 Å². The summed E-state index contributed by atoms with van der Waals surface area (Å²) >= 11 is 12.0. The molecular weight excluding hydrogens is 433 g/mol. The van der Waals surface area contributed by atoms with Gasteiger partial charge in [0.2, 0.25) is 0 Å². The number of hydrogen-bond donors (Lipinski definition) is 2. The third-order valence-corrected chi connectivity index (χ3v) is 5.51. The lowest BCUT2D eigenvalue weighted by Gasteiger charge is -2.13. The number of benzene rings is 3. The van der Waals surface area contributed by atoms with Crippen LogP contribution in [0.5, 0.6) is 5.75 Å². The van der Waals surface area contributed by atoms with Crippen molar-refractivity contribution < 1.29 is 9.53 Å². The van der Waals surface area contributed by atoms with Crippen LogP contribution in [0.25, 0.3) is 10.9 Å². The second-order valence-corrected chi connectivity index (χ2v) is 7.88. The first kappa shape index (κ1) is 21.0. The van der Waals surface area contributed by atoms with Gasteiger partial charge in [0.05, 0.1) is 15.6 Å². The van der Waals surface area contributed by atoms with Gasteiger partial charge in [-0.05, 0) is 49.4 Å². The Morgan fingerprint density at radius 1 is 1.03 bits per heavy atom. The van der Waals surface area contributed by atoms with E-state index in [2.05, 4.69) is 10.3 Å². The molecule has 4 aromatic rings. The van der Waals surface area contributed by atoms with Gasteiger partial charge >= 0.3 is 0 Å². The highest BCUT2D eigenvalue weighted by Gasteiger charge is 2.13. The van der Waals surface area contributed by atoms with Gasteiger partial charge in [-0.25, -0.2) is 0 Å². The molecule has 3 aromatic carbocycles. The summed E-state index contributed by atoms with van der Waals surface area (Å²) < 4.78 is 5.81. The van der Waals surface area contributed by atoms with Gasteiger partial charge in [-0.1, -0.05) is 41.4 Å². The molecule has 1 heterocycles. The van der Waals surface area contributed by atoms with Crippen LogP contribution in [0.3, 0.4) is 0 Å². The highest BCUT2D eigenvalue weighted by Crippen LogP contribution is 2.27. The van der Waals surface area contributed by atoms with E-state index in [0.717, 1.165) is 22.2 Å². The van der Waals surface area contributed by atoms with E-state index in [1.165, 1.54) is 0 Å². The number of nitrogens with one attached hydrogen (secondary N) is 1. The molecule has 0 aliphatic heterocycles. The molecule has 7 heteroatoms. The molecule has 0 bridgehead atoms. The van der Waals surface area contributed by atoms with E-state index in [1.54, 1.807) is 30.3 Å². The van der Waals surface area contributed by atoms with E-state index in [9.17, 15) is 4.79 Å². The van der Waals surface area contributed by atoms with Gasteiger partial charge in [-0.15, -0.1) is 0 Å². The smallest absolute Gasteiger partial charge is 0.256 e. The van der Waals surface area contributed by atoms with Crippen molar-refractivity contribution in [1.82, 2.24) is 4.98 Å². The van der Waals surface area contributed by atoms with Crippen LogP contribution in [0.4, 0.5) is 11.4 Å². The van der Waals surface area contributed by atoms with Crippen molar-refractivity contribution in [2.75, 3.05) is 11.1 Å². The number of halogens is 2. The van der Waals surface area contributed by atoms with Crippen LogP contribution in [0, 0.1) is 6.92 Å². The monoisotopic (exact) mass is 451 g/mol. The molecule has 0 fully saturated rings. The Balaban J connectivity index is 1.54. The maximum Gasteiger partial charge on any atom is 0.256 e. The first-order valence-corrected chi connectivity index (χ1v) is 10.3. The normalized spacial score (nSPS) is 10.8. The summed E-state index contributed by atoms with van der Waals surface area (Å²) in [6.07, 6.45) is 0. The quantitative estimate of drug-likeness (QED) is 0.375. The van der Waals surface area contributed by atoms with Gasteiger partial charge in [-0.2, -0.15) is 0 Å². The minimum absolute atomic E-state index is 0.204. The molecule has 0 aliphatic rings. The van der Waals surface area contributed by atoms with Crippen molar-refractivity contribution in [2.24, 2.45) is 0 Å². The summed E-state index contributed by atoms with van der Waals surface area (Å²) in [6.45, 7) is 2.10. The van der Waals surface area contributed by atoms with Crippen LogP contribution in [0.2, 0.25) is 10.0 Å². The highest BCUT2D eigenvalue weighted by molar-refractivity contribution is 6.42. The van der Waals surface area contributed by atoms with E-state index >= 15 is 0 Å². The van der Waals surface area contributed by atoms with E-state index in [-0.39, 0.29) is 12.5 Å². The summed E-state index contributed by atoms with van der Waals surface area (Å²) in [6, 6.07) is 19.6. The number of fused-ring (bicyclic) bond motifs is 1. The Morgan fingerprint density at radius 3 is 2.65 bits per heavy atom. The molecule has 156 valence electrons. The number of anilines is 2. The molecule has 0 aliphatic carbocycles. The van der Waals surface area contributed by atoms with E-state index < -0.39 is 0 Å². The molecule has 1 aromatic heterocycles. The maximum atomic E-state index is 13.0. The third-order valence-electron chi connectivity index (χ3n) is 4.77. The average Bonchev–Trinajstić information content (AvgIpc) is 2.75. The van der Waals surface area contributed by atoms with Crippen molar-refractivity contribution in [1.29, 1.82) is 0 Å². The Hall–Kier alpha value is -3.28. The van der Waals surface area contributed by atoms with Crippen LogP contribution in [-0.4, -0.2) is 10.9 Å². The molecule has 1 amide bonds. The third kappa shape index (κ3) is 4.74. The largest absolute Gasteiger partial charge is 0.489 e. The first-order valence-electron chi connectivity index (χ1n) is 9.55. The molecule has 0 unspecified atom stereocenters. The minimum atomic E-state index is -0.244. The Kier molecular flexibility index (Phi) is 5.98. The van der Waals surface area contributed by atoms with Gasteiger partial charge in [-0.3, -0.25) is 9.78 Å². The van der Waals surface area contributed by atoms with Crippen LogP contribution in [0.1, 0.15) is 21.6 Å². The fourth-order valence-electron chi connectivity index (χ4n) is 3.26. The standard InChI is InChI=1S/C24H19Cl2N3O2/c1-14-10-22(27)19-11-16(6-9-23(19)28-14)29-24(30)18-5-3-2-4-15(18)13-31-17-7-8-20(25)21(26)12-17/h2-12H,13H2,1H3,(H2,27,28)(H,29,30). The lowest BCUT2D eigenvalue weighted by molar-refractivity contribution is 0.102. The van der Waals surface area contributed by atoms with Crippen molar-refractivity contribution in [3.05, 3.63) is 93.6 Å². The summed E-state index contributed by atoms with van der Waals surface area (Å²) in [4.78, 5) is 17.4. The number of amides is 1. The first-order chi connectivity index (χ1) is 14.9. The van der Waals surface area contributed by atoms with Crippen molar-refractivity contribution in [3.8, 4) is 5.75 Å². The minimum Gasteiger partial charge on any atom is -0.489 e. The molecule has 3 N–H and O–H groups in total. The fourth-order valence-corrected chi connectivity index (χ4v) is 3.55. The number of pyridine rings is 1. The van der Waals surface area contributed by atoms with Gasteiger partial charge in [0, 0.05) is 39.6 Å². The summed E-state index contributed by atoms with van der Waals surface area (Å²) in [7, 11) is 0. The predicted molar refractivity (Wildman–Crippen MR) is 126 cm³/mol. The number of ether oxygens (including phenoxy) is 1. The summed E-state index contributed by atoms with van der Waals surface area (Å²) in [5, 5.41) is 4.58. The van der Waals surface area contributed by atoms with Crippen molar-refractivity contribution >= 4 is 51.4 Å². The Bertz CT molecular complexity index is 1290. The molecule has 4 rings (SSSR count). The van der Waals surface area contributed by atoms with Crippen LogP contribution >= 0.6 is 23.2 Å². The van der Waals surface area contributed by atoms with E-state index in [1.807, 2.05) is 43.3 Å². The van der Waals surface area contributed by atoms with E-state index in [4.69, 9.17) is 33.7 Å². The fraction of sp³-hybridized carbons (Fsp3) is 0.0833. The van der Waals surface area contributed by atoms with Crippen LogP contribution in [0.15, 0.2) is 66.7 Å². The number of aryl methyl sites for hydroxylation is 1. The summed E-state index contributed by atoms with van der Waals surface area (Å²) in [5.74, 6) is 0.323. The Morgan fingerprint density at radius 2 is 1.84 bits per heavy atom. The number of aromatic nitrogens is 1. The van der Waals surface area contributed by atoms with Gasteiger partial charge < -0.3 is 15.8 Å². The number of carbonyl (C=O) groups is 1. The zero-order valence-corrected chi connectivity index (χ0v) is 18.2. The van der Waals surface area contributed by atoms with E-state index in [0.29, 0.717) is 32.7 Å². The van der Waals surface area contributed by atoms with Crippen molar-refractivity contribution in [3.63, 3.8) is 0 Å². The molecular formula is C24H19Cl2N3O2. The molecule has 5 nitrogen and oxygen atoms in total. The molecule has 0 radical (unpaired) electrons. The van der Waals surface area contributed by atoms with Crippen LogP contribution in [-0.2, 0) is 6.61 Å². The molecule has 0 saturated carbocycles. The molecule has 0 spiro atoms. The number of hydrogen-bond acceptors (Lipinski definition) is 4. The summed E-state index contributed by atoms with van der Waals surface area (Å²) in [5.41, 5.74) is 10.3. The second kappa shape index (κ2) is 8.84. The lowest BCUT2D eigenvalue weighted by atomic mass is 10.1. The molecule has 31 heavy (non-hydrogen) atoms. The number of nitrogen functional groups attached to an aromatic ring is 1. The van der Waals surface area contributed by atoms with Gasteiger partial charge in [0.25, 0.3) is 5.91 Å². The van der Waals surface area contributed by atoms with Gasteiger partial charge in [0.1, 0.15) is 12.4 Å². The lowest BCUT2D eigenvalue weighted by Crippen LogP contribution is -2.15. The van der Waals surface area contributed by atoms with Crippen LogP contribution < -0.4 is 15.8 Å². The molecule has 0 saturated heterocycles. The maximum absolute atomic E-state index is 13.0. The topological polar surface area (TPSA) is 77.2 Å². The Labute approximate surface area is 189 Å². The number of carbonyl (C=O) groups excluding carboxylic acids is 1. The van der Waals surface area contributed by atoms with Gasteiger partial charge in [0.15, 0.2) is 0 Å². The number of rotatable bonds is 5. The zero-order chi connectivity index (χ0) is 22.0. The average molecular weight is 452 g/mol. The second-order valence-electron chi connectivity index (χ2n) is 7.06.